The van der Waals surface area contributed by atoms with Crippen molar-refractivity contribution in [2.45, 2.75) is 0 Å². The number of nitrogens with zero attached hydrogens (tertiary/aromatic N) is 2. The molecule has 4 nitrogen and oxygen atoms in total. The van der Waals surface area contributed by atoms with Gasteiger partial charge in [0.1, 0.15) is 5.69 Å². The summed E-state index contributed by atoms with van der Waals surface area (Å²) in [6.07, 6.45) is 0.494. The second-order valence-corrected chi connectivity index (χ2v) is 7.21. The van der Waals surface area contributed by atoms with Gasteiger partial charge in [0.25, 0.3) is 0 Å². The Morgan fingerprint density at radius 2 is 1.26 bits per heavy atom. The number of pyridine rings is 1. The predicted octanol–water partition coefficient (Wildman–Crippen LogP) is 0.710. The fourth-order valence-electron chi connectivity index (χ4n) is 3.40. The van der Waals surface area contributed by atoms with E-state index in [1.54, 1.807) is 60.7 Å². The van der Waals surface area contributed by atoms with Gasteiger partial charge in [-0.2, -0.15) is 0 Å². The molecule has 0 unspecified atom stereocenters. The fraction of sp³-hybridized carbons (Fsp3) is 0.0385. The number of hydrogen-bond donors (Lipinski definition) is 0. The van der Waals surface area contributed by atoms with Crippen LogP contribution in [-0.2, 0) is 16.8 Å². The van der Waals surface area contributed by atoms with E-state index in [-0.39, 0.29) is 67.7 Å². The van der Waals surface area contributed by atoms with Crippen LogP contribution in [0.4, 0.5) is 27.6 Å². The molecule has 1 radical (unpaired) electrons. The molecule has 0 saturated heterocycles. The van der Waals surface area contributed by atoms with E-state index < -0.39 is 40.6 Å². The van der Waals surface area contributed by atoms with Crippen LogP contribution in [0.5, 0.6) is 5.88 Å². The maximum absolute atomic E-state index is 14.0. The van der Waals surface area contributed by atoms with Crippen molar-refractivity contribution >= 4 is 17.7 Å². The van der Waals surface area contributed by atoms with Crippen LogP contribution in [-0.4, -0.2) is 24.1 Å². The minimum absolute atomic E-state index is 0. The van der Waals surface area contributed by atoms with Gasteiger partial charge in [-0.3, -0.25) is 4.79 Å². The van der Waals surface area contributed by atoms with Crippen molar-refractivity contribution in [3.63, 3.8) is 0 Å². The van der Waals surface area contributed by atoms with Crippen molar-refractivity contribution in [2.75, 3.05) is 7.11 Å². The third kappa shape index (κ3) is 6.55. The number of ether oxygens (including phenoxy) is 1. The number of halogens is 7. The molecule has 12 heteroatoms. The number of hydrogen-bond acceptors (Lipinski definition) is 4. The predicted molar refractivity (Wildman–Crippen MR) is 120 cm³/mol. The van der Waals surface area contributed by atoms with Crippen molar-refractivity contribution < 1.29 is 82.2 Å². The topological polar surface area (TPSA) is 51.5 Å². The maximum Gasteiger partial charge on any atom is 2.00 e. The monoisotopic (exact) mass is 699 g/mol. The van der Waals surface area contributed by atoms with Gasteiger partial charge in [-0.15, -0.1) is 0 Å². The number of Topliss-reactive ketones (excluding diaryl/α,β-unsaturated/α-hetero) is 1. The number of methoxy groups -OCH3 is 1. The van der Waals surface area contributed by atoms with Crippen molar-refractivity contribution in [2.24, 2.45) is 4.99 Å². The zero-order valence-corrected chi connectivity index (χ0v) is 23.3. The van der Waals surface area contributed by atoms with E-state index in [9.17, 15) is 26.7 Å². The summed E-state index contributed by atoms with van der Waals surface area (Å²) in [7, 11) is 1.36. The van der Waals surface area contributed by atoms with Crippen molar-refractivity contribution in [1.29, 1.82) is 0 Å². The molecule has 0 bridgehead atoms. The van der Waals surface area contributed by atoms with E-state index in [4.69, 9.17) is 4.74 Å². The molecule has 0 saturated carbocycles. The molecule has 0 spiro atoms. The van der Waals surface area contributed by atoms with Crippen LogP contribution in [0.3, 0.4) is 0 Å². The smallest absolute Gasteiger partial charge is 1.00 e. The molecule has 1 aromatic heterocycles. The molecule has 4 aromatic rings. The minimum atomic E-state index is -2.32. The molecular weight excluding hydrogens is 686 g/mol. The Hall–Kier alpha value is -2.93. The number of rotatable bonds is 6. The third-order valence-electron chi connectivity index (χ3n) is 5.07. The van der Waals surface area contributed by atoms with Crippen LogP contribution >= 0.6 is 0 Å². The van der Waals surface area contributed by atoms with Gasteiger partial charge >= 0.3 is 16.8 Å². The Labute approximate surface area is 245 Å². The van der Waals surface area contributed by atoms with Crippen molar-refractivity contribution in [3.05, 3.63) is 101 Å². The van der Waals surface area contributed by atoms with E-state index in [1.165, 1.54) is 13.2 Å². The maximum atomic E-state index is 14.0. The van der Waals surface area contributed by atoms with Gasteiger partial charge < -0.3 is 38.7 Å². The Morgan fingerprint density at radius 3 is 1.76 bits per heavy atom. The zero-order chi connectivity index (χ0) is 25.1. The number of benzene rings is 3. The summed E-state index contributed by atoms with van der Waals surface area (Å²) in [6.45, 7) is 0. The standard InChI is InChI=1S/C26H15F5N2O2.2BrH.Co/c1-35-26-19(15-10-6-3-7-11-15)16(12-17(33-26)14-8-4-2-5-9-14)18(34)13-32-25-23(30)21(28)20(27)22(29)24(25)31;;;/h2-13H,1H3;2*1H;/q;;;+2/p-2. The third-order valence-corrected chi connectivity index (χ3v) is 5.07. The van der Waals surface area contributed by atoms with Gasteiger partial charge in [-0.05, 0) is 11.6 Å². The van der Waals surface area contributed by atoms with Gasteiger partial charge in [-0.25, -0.2) is 31.9 Å². The van der Waals surface area contributed by atoms with E-state index in [2.05, 4.69) is 9.98 Å². The minimum Gasteiger partial charge on any atom is -1.00 e. The molecule has 0 aliphatic rings. The van der Waals surface area contributed by atoms with E-state index in [0.29, 0.717) is 23.0 Å². The summed E-state index contributed by atoms with van der Waals surface area (Å²) in [6, 6.07) is 18.8. The first kappa shape index (κ1) is 33.1. The van der Waals surface area contributed by atoms with Crippen LogP contribution in [0.25, 0.3) is 22.4 Å². The summed E-state index contributed by atoms with van der Waals surface area (Å²) < 4.78 is 73.9. The van der Waals surface area contributed by atoms with Crippen molar-refractivity contribution in [3.8, 4) is 28.3 Å². The normalized spacial score (nSPS) is 10.3. The summed E-state index contributed by atoms with van der Waals surface area (Å²) >= 11 is 0. The van der Waals surface area contributed by atoms with E-state index >= 15 is 0 Å². The van der Waals surface area contributed by atoms with E-state index in [1.807, 2.05) is 0 Å². The second-order valence-electron chi connectivity index (χ2n) is 7.21. The van der Waals surface area contributed by atoms with Gasteiger partial charge in [-0.1, -0.05) is 60.7 Å². The van der Waals surface area contributed by atoms with Crippen molar-refractivity contribution in [1.82, 2.24) is 4.98 Å². The molecule has 0 atom stereocenters. The molecule has 1 heterocycles. The van der Waals surface area contributed by atoms with Crippen LogP contribution < -0.4 is 38.7 Å². The van der Waals surface area contributed by atoms with Gasteiger partial charge in [0, 0.05) is 11.1 Å². The Bertz CT molecular complexity index is 1430. The number of aromatic nitrogens is 1. The largest absolute Gasteiger partial charge is 2.00 e. The number of ketones is 1. The van der Waals surface area contributed by atoms with Crippen LogP contribution in [0.2, 0.25) is 0 Å². The number of aliphatic imine (C=N–C) groups is 1. The van der Waals surface area contributed by atoms with Gasteiger partial charge in [0.2, 0.25) is 17.5 Å². The Kier molecular flexibility index (Phi) is 12.4. The molecule has 38 heavy (non-hydrogen) atoms. The summed E-state index contributed by atoms with van der Waals surface area (Å²) in [5.41, 5.74) is 0.340. The summed E-state index contributed by atoms with van der Waals surface area (Å²) in [5.74, 6) is -11.7. The number of carbonyl (C=O) groups is 1. The SMILES string of the molecule is COc1nc(-c2ccccc2)cc(C(=O)C=Nc2c(F)c(F)c(F)c(F)c2F)c1-c1ccccc1.[Br-].[Br-].[Co+2]. The molecule has 0 amide bonds. The molecule has 0 N–H and O–H groups in total. The first-order valence-electron chi connectivity index (χ1n) is 10.1. The molecule has 3 aromatic carbocycles. The molecule has 4 rings (SSSR count). The first-order valence-corrected chi connectivity index (χ1v) is 10.1. The van der Waals surface area contributed by atoms with Gasteiger partial charge in [0.15, 0.2) is 23.3 Å². The molecular formula is C26H15Br2CoF5N2O2. The average Bonchev–Trinajstić information content (AvgIpc) is 2.90. The zero-order valence-electron chi connectivity index (χ0n) is 19.1. The quantitative estimate of drug-likeness (QED) is 0.0981. The van der Waals surface area contributed by atoms with Crippen LogP contribution in [0, 0.1) is 29.1 Å². The summed E-state index contributed by atoms with van der Waals surface area (Å²) in [4.78, 5) is 21.0. The van der Waals surface area contributed by atoms with Crippen LogP contribution in [0.1, 0.15) is 10.4 Å². The fourth-order valence-corrected chi connectivity index (χ4v) is 3.40. The van der Waals surface area contributed by atoms with E-state index in [0.717, 1.165) is 0 Å². The molecule has 199 valence electrons. The average molecular weight is 701 g/mol. The van der Waals surface area contributed by atoms with Gasteiger partial charge in [0.05, 0.1) is 24.6 Å². The summed E-state index contributed by atoms with van der Waals surface area (Å²) in [5, 5.41) is 0. The first-order chi connectivity index (χ1) is 16.8. The molecule has 0 aliphatic carbocycles. The molecule has 0 fully saturated rings. The number of carbonyl (C=O) groups excluding carboxylic acids is 1. The molecule has 0 aliphatic heterocycles. The van der Waals surface area contributed by atoms with Crippen LogP contribution in [0.15, 0.2) is 71.7 Å². The Morgan fingerprint density at radius 1 is 0.789 bits per heavy atom. The second kappa shape index (κ2) is 14.3. The Balaban J connectivity index is 0.00000241.